The second kappa shape index (κ2) is 74.9. The Kier molecular flexibility index (Phi) is 138. The maximum absolute atomic E-state index is 8.69. The SMILES string of the molecule is CCCO.CCCO.CCCO.CCCO.[CH2-]C=O.[Zr]. The molecule has 0 saturated heterocycles. The van der Waals surface area contributed by atoms with Crippen molar-refractivity contribution in [2.24, 2.45) is 0 Å². The molecule has 126 valence electrons. The van der Waals surface area contributed by atoms with Crippen molar-refractivity contribution in [1.29, 1.82) is 0 Å². The molecule has 0 heterocycles. The molecule has 0 aromatic rings. The Balaban J connectivity index is -0.0000000304. The molecule has 0 fully saturated rings. The molecule has 0 spiro atoms. The smallest absolute Gasteiger partial charge is 0.0428 e. The van der Waals surface area contributed by atoms with Gasteiger partial charge < -0.3 is 32.1 Å². The number of hydrogen-bond acceptors (Lipinski definition) is 5. The second-order valence-corrected chi connectivity index (χ2v) is 3.06. The van der Waals surface area contributed by atoms with Crippen LogP contribution in [0.15, 0.2) is 0 Å². The van der Waals surface area contributed by atoms with Crippen molar-refractivity contribution in [2.45, 2.75) is 53.4 Å². The summed E-state index contributed by atoms with van der Waals surface area (Å²) >= 11 is 0. The molecule has 0 bridgehead atoms. The van der Waals surface area contributed by atoms with Crippen molar-refractivity contribution in [3.63, 3.8) is 0 Å². The Bertz CT molecular complexity index is 71.6. The van der Waals surface area contributed by atoms with Gasteiger partial charge in [-0.2, -0.15) is 0 Å². The fourth-order valence-electron chi connectivity index (χ4n) is 0. The average molecular weight is 375 g/mol. The van der Waals surface area contributed by atoms with Gasteiger partial charge in [0, 0.05) is 52.6 Å². The fourth-order valence-corrected chi connectivity index (χ4v) is 0. The zero-order chi connectivity index (χ0) is 16.4. The molecule has 6 heteroatoms. The molecule has 0 rings (SSSR count). The van der Waals surface area contributed by atoms with E-state index >= 15 is 0 Å². The third kappa shape index (κ3) is 299. The largest absolute Gasteiger partial charge is 0.396 e. The summed E-state index contributed by atoms with van der Waals surface area (Å²) in [6.07, 6.45) is 4.00. The molecular formula is C14H35O5Zr-. The van der Waals surface area contributed by atoms with Gasteiger partial charge in [0.15, 0.2) is 0 Å². The monoisotopic (exact) mass is 373 g/mol. The van der Waals surface area contributed by atoms with Gasteiger partial charge in [-0.05, 0) is 32.0 Å². The number of rotatable bonds is 4. The third-order valence-corrected chi connectivity index (χ3v) is 0.894. The minimum Gasteiger partial charge on any atom is -0.396 e. The molecule has 0 atom stereocenters. The van der Waals surface area contributed by atoms with Gasteiger partial charge in [0.25, 0.3) is 0 Å². The topological polar surface area (TPSA) is 98.0 Å². The first kappa shape index (κ1) is 37.0. The fraction of sp³-hybridized carbons (Fsp3) is 0.857. The van der Waals surface area contributed by atoms with E-state index in [1.54, 1.807) is 0 Å². The maximum atomic E-state index is 8.69. The molecule has 0 saturated carbocycles. The molecule has 0 amide bonds. The van der Waals surface area contributed by atoms with Gasteiger partial charge in [0.1, 0.15) is 0 Å². The van der Waals surface area contributed by atoms with Crippen molar-refractivity contribution in [3.8, 4) is 0 Å². The van der Waals surface area contributed by atoms with Crippen LogP contribution in [0.3, 0.4) is 0 Å². The van der Waals surface area contributed by atoms with Gasteiger partial charge in [0.2, 0.25) is 0 Å². The molecule has 0 unspecified atom stereocenters. The van der Waals surface area contributed by atoms with Gasteiger partial charge in [-0.25, -0.2) is 0 Å². The summed E-state index contributed by atoms with van der Waals surface area (Å²) in [5.74, 6) is 0. The van der Waals surface area contributed by atoms with E-state index in [0.29, 0.717) is 32.7 Å². The van der Waals surface area contributed by atoms with E-state index in [2.05, 4.69) is 6.92 Å². The molecule has 0 aliphatic heterocycles. The van der Waals surface area contributed by atoms with Crippen molar-refractivity contribution >= 4 is 6.29 Å². The van der Waals surface area contributed by atoms with E-state index in [0.717, 1.165) is 25.7 Å². The summed E-state index contributed by atoms with van der Waals surface area (Å²) in [6, 6.07) is 0. The summed E-state index contributed by atoms with van der Waals surface area (Å²) in [4.78, 5) is 8.69. The van der Waals surface area contributed by atoms with E-state index in [9.17, 15) is 0 Å². The number of carbonyl (C=O) groups excluding carboxylic acids is 1. The molecule has 0 aromatic carbocycles. The average Bonchev–Trinajstić information content (AvgIpc) is 2.48. The number of aliphatic hydroxyl groups is 4. The Morgan fingerprint density at radius 1 is 0.700 bits per heavy atom. The van der Waals surface area contributed by atoms with Crippen LogP contribution in [-0.4, -0.2) is 53.1 Å². The minimum absolute atomic E-state index is 0. The van der Waals surface area contributed by atoms with Crippen LogP contribution < -0.4 is 0 Å². The summed E-state index contributed by atoms with van der Waals surface area (Å²) in [5.41, 5.74) is 0. The zero-order valence-corrected chi connectivity index (χ0v) is 16.1. The summed E-state index contributed by atoms with van der Waals surface area (Å²) in [6.45, 7) is 11.8. The van der Waals surface area contributed by atoms with Gasteiger partial charge in [-0.15, -0.1) is 0 Å². The van der Waals surface area contributed by atoms with Gasteiger partial charge in [0.05, 0.1) is 0 Å². The predicted octanol–water partition coefficient (Wildman–Crippen LogP) is 1.57. The van der Waals surface area contributed by atoms with Gasteiger partial charge in [-0.3, -0.25) is 0 Å². The van der Waals surface area contributed by atoms with E-state index in [1.165, 1.54) is 0 Å². The first-order chi connectivity index (χ1) is 9.07. The van der Waals surface area contributed by atoms with Crippen molar-refractivity contribution < 1.29 is 51.4 Å². The molecule has 0 radical (unpaired) electrons. The first-order valence-corrected chi connectivity index (χ1v) is 6.74. The molecule has 20 heavy (non-hydrogen) atoms. The Labute approximate surface area is 144 Å². The quantitative estimate of drug-likeness (QED) is 0.442. The Hall–Kier alpha value is 0.263. The molecule has 0 aromatic heterocycles. The van der Waals surface area contributed by atoms with Crippen LogP contribution in [0.2, 0.25) is 0 Å². The van der Waals surface area contributed by atoms with Crippen LogP contribution in [0, 0.1) is 6.92 Å². The van der Waals surface area contributed by atoms with E-state index < -0.39 is 0 Å². The van der Waals surface area contributed by atoms with Crippen molar-refractivity contribution in [3.05, 3.63) is 6.92 Å². The minimum atomic E-state index is 0. The van der Waals surface area contributed by atoms with E-state index in [4.69, 9.17) is 25.2 Å². The molecule has 4 N–H and O–H groups in total. The summed E-state index contributed by atoms with van der Waals surface area (Å²) in [5, 5.41) is 31.5. The second-order valence-electron chi connectivity index (χ2n) is 3.06. The zero-order valence-electron chi connectivity index (χ0n) is 13.6. The molecule has 0 aliphatic rings. The number of aldehydes is 1. The molecule has 5 nitrogen and oxygen atoms in total. The Morgan fingerprint density at radius 3 is 0.750 bits per heavy atom. The van der Waals surface area contributed by atoms with Gasteiger partial charge in [-0.1, -0.05) is 27.7 Å². The van der Waals surface area contributed by atoms with Crippen LogP contribution in [0.1, 0.15) is 53.4 Å². The van der Waals surface area contributed by atoms with Crippen LogP contribution in [0.5, 0.6) is 0 Å². The van der Waals surface area contributed by atoms with E-state index in [1.807, 2.05) is 27.7 Å². The van der Waals surface area contributed by atoms with Crippen LogP contribution in [0.25, 0.3) is 0 Å². The number of aliphatic hydroxyl groups excluding tert-OH is 4. The number of hydrogen-bond donors (Lipinski definition) is 4. The van der Waals surface area contributed by atoms with Crippen LogP contribution >= 0.6 is 0 Å². The third-order valence-electron chi connectivity index (χ3n) is 0.894. The normalized spacial score (nSPS) is 6.60. The predicted molar refractivity (Wildman–Crippen MR) is 80.9 cm³/mol. The standard InChI is InChI=1S/4C3H8O.C2H3O.Zr/c4*1-2-3-4;1-2-3;/h4*4H,2-3H2,1H3;2H,1H2;/q;;;;-1;. The van der Waals surface area contributed by atoms with Crippen molar-refractivity contribution in [1.82, 2.24) is 0 Å². The van der Waals surface area contributed by atoms with Crippen molar-refractivity contribution in [2.75, 3.05) is 26.4 Å². The summed E-state index contributed by atoms with van der Waals surface area (Å²) in [7, 11) is 0. The van der Waals surface area contributed by atoms with Crippen LogP contribution in [0.4, 0.5) is 0 Å². The maximum Gasteiger partial charge on any atom is 0.0428 e. The summed E-state index contributed by atoms with van der Waals surface area (Å²) < 4.78 is 0. The van der Waals surface area contributed by atoms with E-state index in [-0.39, 0.29) is 26.2 Å². The Morgan fingerprint density at radius 2 is 0.750 bits per heavy atom. The molecular weight excluding hydrogens is 339 g/mol. The first-order valence-electron chi connectivity index (χ1n) is 6.74. The number of carbonyl (C=O) groups is 1. The van der Waals surface area contributed by atoms with Gasteiger partial charge >= 0.3 is 0 Å². The van der Waals surface area contributed by atoms with Crippen LogP contribution in [-0.2, 0) is 31.0 Å². The molecule has 0 aliphatic carbocycles.